The second-order valence-electron chi connectivity index (χ2n) is 4.38. The second kappa shape index (κ2) is 5.10. The Labute approximate surface area is 92.3 Å². The van der Waals surface area contributed by atoms with E-state index in [9.17, 15) is 0 Å². The van der Waals surface area contributed by atoms with Gasteiger partial charge < -0.3 is 5.32 Å². The third kappa shape index (κ3) is 3.18. The summed E-state index contributed by atoms with van der Waals surface area (Å²) in [7, 11) is 0. The van der Waals surface area contributed by atoms with E-state index in [0.29, 0.717) is 11.8 Å². The van der Waals surface area contributed by atoms with Crippen LogP contribution in [0, 0.1) is 0 Å². The summed E-state index contributed by atoms with van der Waals surface area (Å²) in [5, 5.41) is 3.25. The van der Waals surface area contributed by atoms with Gasteiger partial charge in [0.2, 0.25) is 0 Å². The van der Waals surface area contributed by atoms with Gasteiger partial charge in [0.25, 0.3) is 0 Å². The second-order valence-corrected chi connectivity index (χ2v) is 4.38. The van der Waals surface area contributed by atoms with E-state index in [1.807, 2.05) is 6.07 Å². The SMILES string of the molecule is CCNc1cc(C(C)C)nc(C(C)C)n1. The Morgan fingerprint density at radius 3 is 2.27 bits per heavy atom. The summed E-state index contributed by atoms with van der Waals surface area (Å²) in [6, 6.07) is 2.04. The summed E-state index contributed by atoms with van der Waals surface area (Å²) in [5.74, 6) is 2.70. The standard InChI is InChI=1S/C12H21N3/c1-6-13-11-7-10(8(2)3)14-12(15-11)9(4)5/h7-9H,6H2,1-5H3,(H,13,14,15). The van der Waals surface area contributed by atoms with E-state index in [1.54, 1.807) is 0 Å². The smallest absolute Gasteiger partial charge is 0.133 e. The van der Waals surface area contributed by atoms with Crippen LogP contribution in [0.1, 0.15) is 58.0 Å². The molecule has 0 saturated carbocycles. The molecule has 0 atom stereocenters. The fourth-order valence-corrected chi connectivity index (χ4v) is 1.31. The summed E-state index contributed by atoms with van der Waals surface area (Å²) >= 11 is 0. The third-order valence-electron chi connectivity index (χ3n) is 2.23. The first-order valence-electron chi connectivity index (χ1n) is 5.67. The van der Waals surface area contributed by atoms with E-state index >= 15 is 0 Å². The van der Waals surface area contributed by atoms with Gasteiger partial charge in [-0.1, -0.05) is 27.7 Å². The highest BCUT2D eigenvalue weighted by atomic mass is 15.0. The van der Waals surface area contributed by atoms with Gasteiger partial charge in [-0.25, -0.2) is 9.97 Å². The van der Waals surface area contributed by atoms with Crippen molar-refractivity contribution in [2.45, 2.75) is 46.5 Å². The molecule has 3 heteroatoms. The van der Waals surface area contributed by atoms with Crippen molar-refractivity contribution < 1.29 is 0 Å². The van der Waals surface area contributed by atoms with Gasteiger partial charge in [0.1, 0.15) is 11.6 Å². The summed E-state index contributed by atoms with van der Waals surface area (Å²) in [6.45, 7) is 11.5. The molecule has 84 valence electrons. The van der Waals surface area contributed by atoms with E-state index in [0.717, 1.165) is 23.9 Å². The normalized spacial score (nSPS) is 11.1. The number of anilines is 1. The highest BCUT2D eigenvalue weighted by Crippen LogP contribution is 2.19. The van der Waals surface area contributed by atoms with Crippen LogP contribution in [-0.2, 0) is 0 Å². The van der Waals surface area contributed by atoms with Crippen molar-refractivity contribution in [3.63, 3.8) is 0 Å². The predicted molar refractivity (Wildman–Crippen MR) is 64.4 cm³/mol. The lowest BCUT2D eigenvalue weighted by molar-refractivity contribution is 0.730. The van der Waals surface area contributed by atoms with Crippen molar-refractivity contribution in [3.8, 4) is 0 Å². The van der Waals surface area contributed by atoms with Crippen molar-refractivity contribution in [1.82, 2.24) is 9.97 Å². The molecule has 0 amide bonds. The largest absolute Gasteiger partial charge is 0.370 e. The lowest BCUT2D eigenvalue weighted by atomic mass is 10.1. The number of nitrogens with zero attached hydrogens (tertiary/aromatic N) is 2. The van der Waals surface area contributed by atoms with E-state index in [4.69, 9.17) is 0 Å². The van der Waals surface area contributed by atoms with Crippen LogP contribution in [0.25, 0.3) is 0 Å². The Morgan fingerprint density at radius 1 is 1.13 bits per heavy atom. The molecule has 1 heterocycles. The van der Waals surface area contributed by atoms with Crippen LogP contribution < -0.4 is 5.32 Å². The first-order chi connectivity index (χ1) is 7.04. The van der Waals surface area contributed by atoms with Crippen molar-refractivity contribution in [1.29, 1.82) is 0 Å². The molecule has 0 aliphatic rings. The zero-order chi connectivity index (χ0) is 11.4. The maximum absolute atomic E-state index is 4.56. The molecule has 1 aromatic heterocycles. The fraction of sp³-hybridized carbons (Fsp3) is 0.667. The molecule has 0 aromatic carbocycles. The average molecular weight is 207 g/mol. The first-order valence-corrected chi connectivity index (χ1v) is 5.67. The van der Waals surface area contributed by atoms with Gasteiger partial charge in [0.05, 0.1) is 0 Å². The lowest BCUT2D eigenvalue weighted by Crippen LogP contribution is -2.08. The molecular formula is C12H21N3. The predicted octanol–water partition coefficient (Wildman–Crippen LogP) is 3.16. The zero-order valence-electron chi connectivity index (χ0n) is 10.3. The van der Waals surface area contributed by atoms with Crippen molar-refractivity contribution >= 4 is 5.82 Å². The van der Waals surface area contributed by atoms with Crippen LogP contribution in [0.15, 0.2) is 6.07 Å². The minimum absolute atomic E-state index is 0.376. The molecule has 15 heavy (non-hydrogen) atoms. The first kappa shape index (κ1) is 12.0. The molecule has 1 N–H and O–H groups in total. The molecule has 0 fully saturated rings. The van der Waals surface area contributed by atoms with Gasteiger partial charge in [-0.2, -0.15) is 0 Å². The molecule has 0 spiro atoms. The van der Waals surface area contributed by atoms with Crippen molar-refractivity contribution in [2.75, 3.05) is 11.9 Å². The molecular weight excluding hydrogens is 186 g/mol. The average Bonchev–Trinajstić information content (AvgIpc) is 2.17. The van der Waals surface area contributed by atoms with Crippen LogP contribution in [0.4, 0.5) is 5.82 Å². The van der Waals surface area contributed by atoms with Gasteiger partial charge in [0, 0.05) is 24.2 Å². The topological polar surface area (TPSA) is 37.8 Å². The fourth-order valence-electron chi connectivity index (χ4n) is 1.31. The molecule has 0 unspecified atom stereocenters. The minimum Gasteiger partial charge on any atom is -0.370 e. The van der Waals surface area contributed by atoms with E-state index in [-0.39, 0.29) is 0 Å². The lowest BCUT2D eigenvalue weighted by Gasteiger charge is -2.12. The van der Waals surface area contributed by atoms with Crippen molar-refractivity contribution in [2.24, 2.45) is 0 Å². The Morgan fingerprint density at radius 2 is 1.80 bits per heavy atom. The van der Waals surface area contributed by atoms with Crippen LogP contribution in [0.3, 0.4) is 0 Å². The molecule has 0 aliphatic carbocycles. The Balaban J connectivity index is 3.08. The van der Waals surface area contributed by atoms with Crippen LogP contribution in [-0.4, -0.2) is 16.5 Å². The maximum atomic E-state index is 4.56. The van der Waals surface area contributed by atoms with Gasteiger partial charge in [-0.3, -0.25) is 0 Å². The molecule has 1 aromatic rings. The van der Waals surface area contributed by atoms with Crippen LogP contribution >= 0.6 is 0 Å². The Bertz CT molecular complexity index is 292. The van der Waals surface area contributed by atoms with Crippen molar-refractivity contribution in [3.05, 3.63) is 17.6 Å². The quantitative estimate of drug-likeness (QED) is 0.824. The number of hydrogen-bond donors (Lipinski definition) is 1. The monoisotopic (exact) mass is 207 g/mol. The molecule has 1 rings (SSSR count). The summed E-state index contributed by atoms with van der Waals surface area (Å²) in [5.41, 5.74) is 1.12. The Hall–Kier alpha value is -1.12. The summed E-state index contributed by atoms with van der Waals surface area (Å²) < 4.78 is 0. The molecule has 3 nitrogen and oxygen atoms in total. The summed E-state index contributed by atoms with van der Waals surface area (Å²) in [4.78, 5) is 9.05. The molecule has 0 saturated heterocycles. The highest BCUT2D eigenvalue weighted by molar-refractivity contribution is 5.37. The zero-order valence-corrected chi connectivity index (χ0v) is 10.3. The van der Waals surface area contributed by atoms with Gasteiger partial charge in [0.15, 0.2) is 0 Å². The number of nitrogens with one attached hydrogen (secondary N) is 1. The maximum Gasteiger partial charge on any atom is 0.133 e. The highest BCUT2D eigenvalue weighted by Gasteiger charge is 2.09. The minimum atomic E-state index is 0.376. The van der Waals surface area contributed by atoms with Gasteiger partial charge in [-0.15, -0.1) is 0 Å². The van der Waals surface area contributed by atoms with E-state index in [1.165, 1.54) is 0 Å². The number of rotatable bonds is 4. The number of hydrogen-bond acceptors (Lipinski definition) is 3. The molecule has 0 bridgehead atoms. The third-order valence-corrected chi connectivity index (χ3v) is 2.23. The summed E-state index contributed by atoms with van der Waals surface area (Å²) in [6.07, 6.45) is 0. The van der Waals surface area contributed by atoms with E-state index < -0.39 is 0 Å². The molecule has 0 aliphatic heterocycles. The molecule has 0 radical (unpaired) electrons. The van der Waals surface area contributed by atoms with Gasteiger partial charge >= 0.3 is 0 Å². The van der Waals surface area contributed by atoms with Gasteiger partial charge in [-0.05, 0) is 12.8 Å². The van der Waals surface area contributed by atoms with Crippen LogP contribution in [0.2, 0.25) is 0 Å². The Kier molecular flexibility index (Phi) is 4.06. The van der Waals surface area contributed by atoms with E-state index in [2.05, 4.69) is 49.9 Å². The number of aromatic nitrogens is 2. The van der Waals surface area contributed by atoms with Crippen LogP contribution in [0.5, 0.6) is 0 Å².